The van der Waals surface area contributed by atoms with Crippen LogP contribution in [0.2, 0.25) is 0 Å². The van der Waals surface area contributed by atoms with E-state index in [9.17, 15) is 0 Å². The zero-order chi connectivity index (χ0) is 17.3. The molecule has 2 rings (SSSR count). The standard InChI is InChI=1S/2C6H6O3.C4H9/c7-4-1-5(8)3-6(9)2-4;7-4-2-1-3-5(8)6(4)9;1-4(2)3/h2*1-3,7-9H;1-3H3. The van der Waals surface area contributed by atoms with Gasteiger partial charge in [0, 0.05) is 18.2 Å². The van der Waals surface area contributed by atoms with Gasteiger partial charge >= 0.3 is 0 Å². The van der Waals surface area contributed by atoms with Gasteiger partial charge in [-0.25, -0.2) is 0 Å². The van der Waals surface area contributed by atoms with Crippen LogP contribution in [0.15, 0.2) is 36.4 Å². The van der Waals surface area contributed by atoms with Gasteiger partial charge in [0.2, 0.25) is 0 Å². The van der Waals surface area contributed by atoms with Crippen molar-refractivity contribution in [2.45, 2.75) is 20.8 Å². The van der Waals surface area contributed by atoms with E-state index >= 15 is 0 Å². The van der Waals surface area contributed by atoms with E-state index in [0.717, 1.165) is 18.2 Å². The van der Waals surface area contributed by atoms with Crippen LogP contribution in [0.5, 0.6) is 34.5 Å². The maximum atomic E-state index is 8.71. The lowest BCUT2D eigenvalue weighted by Gasteiger charge is -1.96. The van der Waals surface area contributed by atoms with E-state index in [1.54, 1.807) is 0 Å². The second-order valence-corrected chi connectivity index (χ2v) is 4.85. The van der Waals surface area contributed by atoms with Crippen molar-refractivity contribution in [3.63, 3.8) is 0 Å². The molecule has 0 aliphatic heterocycles. The van der Waals surface area contributed by atoms with E-state index in [1.165, 1.54) is 24.1 Å². The van der Waals surface area contributed by atoms with Crippen LogP contribution in [0.25, 0.3) is 0 Å². The van der Waals surface area contributed by atoms with E-state index in [2.05, 4.69) is 20.8 Å². The molecule has 2 aromatic rings. The van der Waals surface area contributed by atoms with Crippen molar-refractivity contribution in [1.29, 1.82) is 0 Å². The van der Waals surface area contributed by atoms with Gasteiger partial charge in [0.05, 0.1) is 0 Å². The minimum Gasteiger partial charge on any atom is -0.508 e. The lowest BCUT2D eigenvalue weighted by molar-refractivity contribution is 0.368. The van der Waals surface area contributed by atoms with Crippen molar-refractivity contribution >= 4 is 0 Å². The monoisotopic (exact) mass is 309 g/mol. The summed E-state index contributed by atoms with van der Waals surface area (Å²) in [7, 11) is 0. The van der Waals surface area contributed by atoms with Crippen molar-refractivity contribution in [2.75, 3.05) is 0 Å². The van der Waals surface area contributed by atoms with E-state index in [4.69, 9.17) is 30.6 Å². The number of aromatic hydroxyl groups is 6. The van der Waals surface area contributed by atoms with Crippen molar-refractivity contribution < 1.29 is 30.6 Å². The Balaban J connectivity index is 0.000000326. The first-order valence-electron chi connectivity index (χ1n) is 6.32. The molecule has 6 N–H and O–H groups in total. The minimum absolute atomic E-state index is 0.146. The van der Waals surface area contributed by atoms with Gasteiger partial charge in [-0.2, -0.15) is 0 Å². The second kappa shape index (κ2) is 9.23. The highest BCUT2D eigenvalue weighted by Gasteiger charge is 2.01. The second-order valence-electron chi connectivity index (χ2n) is 4.85. The molecule has 0 fully saturated rings. The van der Waals surface area contributed by atoms with Crippen LogP contribution in [0.1, 0.15) is 20.8 Å². The van der Waals surface area contributed by atoms with Crippen molar-refractivity contribution in [3.8, 4) is 34.5 Å². The Morgan fingerprint density at radius 3 is 1.14 bits per heavy atom. The Morgan fingerprint density at radius 1 is 0.636 bits per heavy atom. The molecule has 2 aromatic carbocycles. The summed E-state index contributed by atoms with van der Waals surface area (Å²) >= 11 is 0. The van der Waals surface area contributed by atoms with Crippen molar-refractivity contribution in [2.24, 2.45) is 0 Å². The molecule has 6 nitrogen and oxygen atoms in total. The molecule has 0 atom stereocenters. The average molecular weight is 309 g/mol. The molecule has 6 heteroatoms. The topological polar surface area (TPSA) is 121 Å². The van der Waals surface area contributed by atoms with Gasteiger partial charge in [-0.3, -0.25) is 0 Å². The van der Waals surface area contributed by atoms with Gasteiger partial charge in [-0.1, -0.05) is 26.8 Å². The normalized spacial score (nSPS) is 9.27. The molecule has 0 aromatic heterocycles. The van der Waals surface area contributed by atoms with Crippen LogP contribution in [0.4, 0.5) is 0 Å². The fourth-order valence-corrected chi connectivity index (χ4v) is 1.10. The first-order valence-corrected chi connectivity index (χ1v) is 6.32. The van der Waals surface area contributed by atoms with Crippen LogP contribution in [-0.2, 0) is 0 Å². The van der Waals surface area contributed by atoms with Gasteiger partial charge in [0.25, 0.3) is 0 Å². The summed E-state index contributed by atoms with van der Waals surface area (Å²) in [6.45, 7) is 6.25. The summed E-state index contributed by atoms with van der Waals surface area (Å²) in [5.41, 5.74) is 0. The molecule has 121 valence electrons. The molecular formula is C16H21O6. The lowest BCUT2D eigenvalue weighted by atomic mass is 10.3. The van der Waals surface area contributed by atoms with Gasteiger partial charge in [-0.05, 0) is 18.1 Å². The zero-order valence-electron chi connectivity index (χ0n) is 12.6. The van der Waals surface area contributed by atoms with Gasteiger partial charge < -0.3 is 30.6 Å². The summed E-state index contributed by atoms with van der Waals surface area (Å²) in [6, 6.07) is 7.42. The number of benzene rings is 2. The molecular weight excluding hydrogens is 288 g/mol. The maximum Gasteiger partial charge on any atom is 0.200 e. The van der Waals surface area contributed by atoms with Crippen molar-refractivity contribution in [1.82, 2.24) is 0 Å². The molecule has 0 saturated carbocycles. The van der Waals surface area contributed by atoms with Crippen molar-refractivity contribution in [3.05, 3.63) is 42.3 Å². The minimum atomic E-state index is -0.475. The quantitative estimate of drug-likeness (QED) is 0.415. The van der Waals surface area contributed by atoms with Gasteiger partial charge in [0.1, 0.15) is 17.2 Å². The number of phenolic OH excluding ortho intramolecular Hbond substituents is 6. The molecule has 1 radical (unpaired) electrons. The largest absolute Gasteiger partial charge is 0.508 e. The Hall–Kier alpha value is -2.76. The number of hydrogen-bond donors (Lipinski definition) is 6. The molecule has 0 heterocycles. The number of rotatable bonds is 0. The smallest absolute Gasteiger partial charge is 0.200 e. The summed E-state index contributed by atoms with van der Waals surface area (Å²) in [4.78, 5) is 0. The van der Waals surface area contributed by atoms with E-state index in [0.29, 0.717) is 0 Å². The third-order valence-electron chi connectivity index (χ3n) is 1.88. The van der Waals surface area contributed by atoms with Gasteiger partial charge in [0.15, 0.2) is 17.2 Å². The third-order valence-corrected chi connectivity index (χ3v) is 1.88. The molecule has 22 heavy (non-hydrogen) atoms. The molecule has 0 aliphatic carbocycles. The van der Waals surface area contributed by atoms with Crippen LogP contribution >= 0.6 is 0 Å². The van der Waals surface area contributed by atoms with Gasteiger partial charge in [-0.15, -0.1) is 0 Å². The Labute approximate surface area is 129 Å². The molecule has 0 saturated heterocycles. The number of hydrogen-bond acceptors (Lipinski definition) is 6. The van der Waals surface area contributed by atoms with Crippen LogP contribution in [0, 0.1) is 5.92 Å². The summed E-state index contributed by atoms with van der Waals surface area (Å²) in [6.07, 6.45) is 0. The Bertz CT molecular complexity index is 507. The fourth-order valence-electron chi connectivity index (χ4n) is 1.10. The summed E-state index contributed by atoms with van der Waals surface area (Å²) < 4.78 is 0. The fraction of sp³-hybridized carbons (Fsp3) is 0.188. The summed E-state index contributed by atoms with van der Waals surface area (Å²) in [5.74, 6) is -0.116. The molecule has 0 unspecified atom stereocenters. The Morgan fingerprint density at radius 2 is 0.909 bits per heavy atom. The average Bonchev–Trinajstić information content (AvgIpc) is 2.34. The first kappa shape index (κ1) is 19.2. The highest BCUT2D eigenvalue weighted by atomic mass is 16.3. The van der Waals surface area contributed by atoms with Crippen LogP contribution in [-0.4, -0.2) is 30.6 Å². The molecule has 0 amide bonds. The lowest BCUT2D eigenvalue weighted by Crippen LogP contribution is -1.67. The highest BCUT2D eigenvalue weighted by Crippen LogP contribution is 2.32. The number of phenols is 6. The zero-order valence-corrected chi connectivity index (χ0v) is 12.6. The predicted molar refractivity (Wildman–Crippen MR) is 83.1 cm³/mol. The van der Waals surface area contributed by atoms with E-state index in [1.807, 2.05) is 0 Å². The molecule has 0 aliphatic rings. The highest BCUT2D eigenvalue weighted by molar-refractivity contribution is 5.47. The SMILES string of the molecule is C[C](C)C.Oc1cc(O)cc(O)c1.Oc1cccc(O)c1O. The third kappa shape index (κ3) is 8.42. The molecule has 0 bridgehead atoms. The van der Waals surface area contributed by atoms with E-state index < -0.39 is 5.75 Å². The van der Waals surface area contributed by atoms with E-state index in [-0.39, 0.29) is 28.7 Å². The first-order chi connectivity index (χ1) is 10.1. The molecule has 0 spiro atoms. The predicted octanol–water partition coefficient (Wildman–Crippen LogP) is 3.23. The summed E-state index contributed by atoms with van der Waals surface area (Å²) in [5, 5.41) is 52.1. The maximum absolute atomic E-state index is 8.71. The van der Waals surface area contributed by atoms with Crippen LogP contribution in [0.3, 0.4) is 0 Å². The van der Waals surface area contributed by atoms with Crippen LogP contribution < -0.4 is 0 Å². The number of para-hydroxylation sites is 1. The Kier molecular flexibility index (Phi) is 8.07.